The van der Waals surface area contributed by atoms with Crippen LogP contribution in [0.5, 0.6) is 0 Å². The van der Waals surface area contributed by atoms with E-state index < -0.39 is 0 Å². The van der Waals surface area contributed by atoms with Crippen LogP contribution in [0.3, 0.4) is 0 Å². The van der Waals surface area contributed by atoms with E-state index in [1.807, 2.05) is 6.20 Å². The monoisotopic (exact) mass is 235 g/mol. The number of rotatable bonds is 4. The summed E-state index contributed by atoms with van der Waals surface area (Å²) in [5.41, 5.74) is 0. The Morgan fingerprint density at radius 3 is 2.88 bits per heavy atom. The maximum absolute atomic E-state index is 4.40. The SMILES string of the molecule is CC(C)Nc1nccn1CC1CCCCC1C. The number of hydrogen-bond donors (Lipinski definition) is 1. The van der Waals surface area contributed by atoms with Crippen molar-refractivity contribution in [2.24, 2.45) is 11.8 Å². The Kier molecular flexibility index (Phi) is 4.08. The summed E-state index contributed by atoms with van der Waals surface area (Å²) in [6.45, 7) is 7.83. The van der Waals surface area contributed by atoms with Gasteiger partial charge in [-0.1, -0.05) is 26.2 Å². The zero-order chi connectivity index (χ0) is 12.3. The predicted molar refractivity (Wildman–Crippen MR) is 72.1 cm³/mol. The van der Waals surface area contributed by atoms with Gasteiger partial charge in [0.2, 0.25) is 5.95 Å². The number of hydrogen-bond acceptors (Lipinski definition) is 2. The average molecular weight is 235 g/mol. The second-order valence-electron chi connectivity index (χ2n) is 5.72. The summed E-state index contributed by atoms with van der Waals surface area (Å²) in [6.07, 6.45) is 9.59. The summed E-state index contributed by atoms with van der Waals surface area (Å²) < 4.78 is 2.28. The minimum absolute atomic E-state index is 0.444. The van der Waals surface area contributed by atoms with E-state index in [-0.39, 0.29) is 0 Å². The molecular formula is C14H25N3. The van der Waals surface area contributed by atoms with Crippen LogP contribution in [-0.2, 0) is 6.54 Å². The molecule has 1 aromatic heterocycles. The molecule has 1 aliphatic rings. The molecular weight excluding hydrogens is 210 g/mol. The van der Waals surface area contributed by atoms with Crippen LogP contribution < -0.4 is 5.32 Å². The normalized spacial score (nSPS) is 25.2. The molecule has 0 radical (unpaired) electrons. The highest BCUT2D eigenvalue weighted by Crippen LogP contribution is 2.31. The Hall–Kier alpha value is -0.990. The summed E-state index contributed by atoms with van der Waals surface area (Å²) in [7, 11) is 0. The fourth-order valence-electron chi connectivity index (χ4n) is 2.77. The lowest BCUT2D eigenvalue weighted by molar-refractivity contribution is 0.229. The third-order valence-electron chi connectivity index (χ3n) is 3.85. The van der Waals surface area contributed by atoms with Gasteiger partial charge in [-0.25, -0.2) is 4.98 Å². The summed E-state index contributed by atoms with van der Waals surface area (Å²) in [5, 5.41) is 3.41. The molecule has 0 saturated heterocycles. The Bertz CT molecular complexity index is 343. The van der Waals surface area contributed by atoms with Gasteiger partial charge in [-0.15, -0.1) is 0 Å². The Balaban J connectivity index is 1.99. The Morgan fingerprint density at radius 2 is 2.18 bits per heavy atom. The number of nitrogens with zero attached hydrogens (tertiary/aromatic N) is 2. The van der Waals surface area contributed by atoms with Crippen LogP contribution in [0.1, 0.15) is 46.5 Å². The van der Waals surface area contributed by atoms with Crippen LogP contribution in [0.25, 0.3) is 0 Å². The van der Waals surface area contributed by atoms with Crippen LogP contribution in [0.2, 0.25) is 0 Å². The highest BCUT2D eigenvalue weighted by molar-refractivity contribution is 5.26. The Labute approximate surface area is 105 Å². The lowest BCUT2D eigenvalue weighted by Crippen LogP contribution is -2.23. The van der Waals surface area contributed by atoms with Gasteiger partial charge in [0.05, 0.1) is 0 Å². The van der Waals surface area contributed by atoms with Crippen molar-refractivity contribution in [2.45, 2.75) is 59.0 Å². The molecule has 0 amide bonds. The maximum Gasteiger partial charge on any atom is 0.202 e. The van der Waals surface area contributed by atoms with Crippen molar-refractivity contribution < 1.29 is 0 Å². The van der Waals surface area contributed by atoms with Crippen molar-refractivity contribution in [3.8, 4) is 0 Å². The number of aromatic nitrogens is 2. The van der Waals surface area contributed by atoms with Crippen LogP contribution in [0, 0.1) is 11.8 Å². The molecule has 0 aromatic carbocycles. The fourth-order valence-corrected chi connectivity index (χ4v) is 2.77. The van der Waals surface area contributed by atoms with E-state index in [1.54, 1.807) is 0 Å². The standard InChI is InChI=1S/C14H25N3/c1-11(2)16-14-15-8-9-17(14)10-13-7-5-4-6-12(13)3/h8-9,11-13H,4-7,10H2,1-3H3,(H,15,16). The molecule has 0 bridgehead atoms. The van der Waals surface area contributed by atoms with Crippen LogP contribution in [0.15, 0.2) is 12.4 Å². The molecule has 1 N–H and O–H groups in total. The predicted octanol–water partition coefficient (Wildman–Crippen LogP) is 3.53. The second-order valence-corrected chi connectivity index (χ2v) is 5.72. The highest BCUT2D eigenvalue weighted by Gasteiger charge is 2.22. The lowest BCUT2D eigenvalue weighted by atomic mass is 9.80. The smallest absolute Gasteiger partial charge is 0.202 e. The van der Waals surface area contributed by atoms with Gasteiger partial charge in [-0.05, 0) is 32.1 Å². The first kappa shape index (κ1) is 12.5. The molecule has 1 aliphatic carbocycles. The van der Waals surface area contributed by atoms with E-state index in [0.717, 1.165) is 24.3 Å². The summed E-state index contributed by atoms with van der Waals surface area (Å²) >= 11 is 0. The van der Waals surface area contributed by atoms with Gasteiger partial charge in [-0.3, -0.25) is 0 Å². The molecule has 2 unspecified atom stereocenters. The molecule has 17 heavy (non-hydrogen) atoms. The van der Waals surface area contributed by atoms with Gasteiger partial charge in [0.1, 0.15) is 0 Å². The molecule has 0 spiro atoms. The number of nitrogens with one attached hydrogen (secondary N) is 1. The van der Waals surface area contributed by atoms with E-state index in [2.05, 4.69) is 41.8 Å². The lowest BCUT2D eigenvalue weighted by Gasteiger charge is -2.29. The fraction of sp³-hybridized carbons (Fsp3) is 0.786. The largest absolute Gasteiger partial charge is 0.353 e. The first-order valence-electron chi connectivity index (χ1n) is 6.94. The third kappa shape index (κ3) is 3.24. The molecule has 1 aromatic rings. The molecule has 0 aliphatic heterocycles. The molecule has 1 heterocycles. The van der Waals surface area contributed by atoms with Crippen molar-refractivity contribution in [3.05, 3.63) is 12.4 Å². The maximum atomic E-state index is 4.40. The van der Waals surface area contributed by atoms with Crippen LogP contribution >= 0.6 is 0 Å². The molecule has 1 fully saturated rings. The van der Waals surface area contributed by atoms with Gasteiger partial charge < -0.3 is 9.88 Å². The van der Waals surface area contributed by atoms with Crippen LogP contribution in [-0.4, -0.2) is 15.6 Å². The number of anilines is 1. The first-order chi connectivity index (χ1) is 8.16. The quantitative estimate of drug-likeness (QED) is 0.865. The minimum atomic E-state index is 0.444. The van der Waals surface area contributed by atoms with E-state index in [0.29, 0.717) is 6.04 Å². The first-order valence-corrected chi connectivity index (χ1v) is 6.94. The number of imidazole rings is 1. The van der Waals surface area contributed by atoms with Gasteiger partial charge in [0.25, 0.3) is 0 Å². The van der Waals surface area contributed by atoms with E-state index in [9.17, 15) is 0 Å². The van der Waals surface area contributed by atoms with Crippen molar-refractivity contribution in [2.75, 3.05) is 5.32 Å². The molecule has 3 heteroatoms. The third-order valence-corrected chi connectivity index (χ3v) is 3.85. The molecule has 2 atom stereocenters. The van der Waals surface area contributed by atoms with E-state index in [4.69, 9.17) is 0 Å². The minimum Gasteiger partial charge on any atom is -0.353 e. The van der Waals surface area contributed by atoms with Crippen molar-refractivity contribution in [3.63, 3.8) is 0 Å². The van der Waals surface area contributed by atoms with Gasteiger partial charge in [0.15, 0.2) is 0 Å². The van der Waals surface area contributed by atoms with Crippen molar-refractivity contribution >= 4 is 5.95 Å². The Morgan fingerprint density at radius 1 is 1.41 bits per heavy atom. The van der Waals surface area contributed by atoms with Gasteiger partial charge >= 0.3 is 0 Å². The van der Waals surface area contributed by atoms with Gasteiger partial charge in [-0.2, -0.15) is 0 Å². The molecule has 3 nitrogen and oxygen atoms in total. The summed E-state index contributed by atoms with van der Waals surface area (Å²) in [5.74, 6) is 2.71. The summed E-state index contributed by atoms with van der Waals surface area (Å²) in [4.78, 5) is 4.40. The average Bonchev–Trinajstić information content (AvgIpc) is 2.68. The van der Waals surface area contributed by atoms with Crippen molar-refractivity contribution in [1.82, 2.24) is 9.55 Å². The molecule has 1 saturated carbocycles. The highest BCUT2D eigenvalue weighted by atomic mass is 15.2. The topological polar surface area (TPSA) is 29.9 Å². The van der Waals surface area contributed by atoms with Crippen molar-refractivity contribution in [1.29, 1.82) is 0 Å². The molecule has 2 rings (SSSR count). The van der Waals surface area contributed by atoms with E-state index >= 15 is 0 Å². The van der Waals surface area contributed by atoms with Crippen LogP contribution in [0.4, 0.5) is 5.95 Å². The second kappa shape index (κ2) is 5.56. The molecule has 96 valence electrons. The zero-order valence-electron chi connectivity index (χ0n) is 11.3. The summed E-state index contributed by atoms with van der Waals surface area (Å²) in [6, 6.07) is 0.444. The van der Waals surface area contributed by atoms with E-state index in [1.165, 1.54) is 25.7 Å². The zero-order valence-corrected chi connectivity index (χ0v) is 11.3. The van der Waals surface area contributed by atoms with Gasteiger partial charge in [0, 0.05) is 25.0 Å².